The summed E-state index contributed by atoms with van der Waals surface area (Å²) in [6, 6.07) is 9.80. The molecule has 1 aromatic carbocycles. The molecule has 0 aliphatic carbocycles. The number of aliphatic hydroxyl groups is 1. The smallest absolute Gasteiger partial charge is 0.312 e. The number of ether oxygens (including phenoxy) is 1. The lowest BCUT2D eigenvalue weighted by atomic mass is 9.76. The number of piperidine rings is 2. The number of carbonyl (C=O) groups is 2. The number of hydrogen-bond acceptors (Lipinski definition) is 5. The summed E-state index contributed by atoms with van der Waals surface area (Å²) in [7, 11) is 0. The van der Waals surface area contributed by atoms with Crippen LogP contribution in [-0.2, 0) is 20.7 Å². The van der Waals surface area contributed by atoms with Crippen molar-refractivity contribution in [3.05, 3.63) is 35.9 Å². The summed E-state index contributed by atoms with van der Waals surface area (Å²) in [5, 5.41) is 9.65. The van der Waals surface area contributed by atoms with Gasteiger partial charge in [0.25, 0.3) is 0 Å². The molecule has 1 amide bonds. The molecule has 3 aliphatic rings. The fourth-order valence-electron chi connectivity index (χ4n) is 4.80. The molecular weight excluding hydrogens is 356 g/mol. The van der Waals surface area contributed by atoms with Crippen molar-refractivity contribution in [3.63, 3.8) is 0 Å². The zero-order chi connectivity index (χ0) is 19.6. The third kappa shape index (κ3) is 4.23. The van der Waals surface area contributed by atoms with Crippen LogP contribution in [0.1, 0.15) is 37.7 Å². The van der Waals surface area contributed by atoms with Crippen LogP contribution < -0.4 is 0 Å². The summed E-state index contributed by atoms with van der Waals surface area (Å²) in [6.45, 7) is 3.75. The zero-order valence-electron chi connectivity index (χ0n) is 16.4. The molecule has 3 fully saturated rings. The summed E-state index contributed by atoms with van der Waals surface area (Å²) in [5.41, 5.74) is 0.614. The van der Waals surface area contributed by atoms with Crippen LogP contribution in [0.4, 0.5) is 0 Å². The highest BCUT2D eigenvalue weighted by atomic mass is 16.6. The third-order valence-corrected chi connectivity index (χ3v) is 6.62. The first-order chi connectivity index (χ1) is 13.5. The molecule has 0 saturated carbocycles. The Morgan fingerprint density at radius 3 is 2.46 bits per heavy atom. The van der Waals surface area contributed by atoms with E-state index in [0.717, 1.165) is 44.5 Å². The van der Waals surface area contributed by atoms with E-state index in [4.69, 9.17) is 4.74 Å². The van der Waals surface area contributed by atoms with Gasteiger partial charge in [-0.15, -0.1) is 0 Å². The molecule has 1 spiro atoms. The minimum absolute atomic E-state index is 0.0608. The van der Waals surface area contributed by atoms with Crippen LogP contribution in [0.15, 0.2) is 30.3 Å². The SMILES string of the molecule is O=C(Cc1ccccc1)N1CCC2(CC1)CC(CN1CCC(O)CC1)OC2=O. The number of rotatable bonds is 4. The van der Waals surface area contributed by atoms with Crippen LogP contribution in [-0.4, -0.2) is 71.7 Å². The van der Waals surface area contributed by atoms with Crippen LogP contribution in [0.3, 0.4) is 0 Å². The second-order valence-corrected chi connectivity index (χ2v) is 8.59. The number of aliphatic hydroxyl groups excluding tert-OH is 1. The molecule has 6 heteroatoms. The van der Waals surface area contributed by atoms with E-state index in [-0.39, 0.29) is 24.1 Å². The summed E-state index contributed by atoms with van der Waals surface area (Å²) in [4.78, 5) is 29.4. The van der Waals surface area contributed by atoms with Gasteiger partial charge in [-0.05, 0) is 31.2 Å². The molecule has 1 atom stereocenters. The van der Waals surface area contributed by atoms with E-state index in [1.807, 2.05) is 35.2 Å². The standard InChI is InChI=1S/C22H30N2O4/c25-18-6-10-23(11-7-18)16-19-15-22(21(27)28-19)8-12-24(13-9-22)20(26)14-17-4-2-1-3-5-17/h1-5,18-19,25H,6-16H2. The van der Waals surface area contributed by atoms with E-state index in [9.17, 15) is 14.7 Å². The largest absolute Gasteiger partial charge is 0.461 e. The lowest BCUT2D eigenvalue weighted by Gasteiger charge is -2.36. The van der Waals surface area contributed by atoms with Gasteiger partial charge in [0.05, 0.1) is 17.9 Å². The first-order valence-corrected chi connectivity index (χ1v) is 10.5. The van der Waals surface area contributed by atoms with Crippen LogP contribution in [0.5, 0.6) is 0 Å². The third-order valence-electron chi connectivity index (χ3n) is 6.62. The molecule has 3 aliphatic heterocycles. The van der Waals surface area contributed by atoms with Gasteiger partial charge in [0.2, 0.25) is 5.91 Å². The van der Waals surface area contributed by atoms with Crippen molar-refractivity contribution < 1.29 is 19.4 Å². The van der Waals surface area contributed by atoms with Crippen LogP contribution in [0.25, 0.3) is 0 Å². The average Bonchev–Trinajstić information content (AvgIpc) is 2.99. The molecule has 1 N–H and O–H groups in total. The highest BCUT2D eigenvalue weighted by Crippen LogP contribution is 2.43. The Labute approximate surface area is 166 Å². The van der Waals surface area contributed by atoms with E-state index in [2.05, 4.69) is 4.90 Å². The molecule has 4 rings (SSSR count). The Bertz CT molecular complexity index is 692. The molecule has 0 radical (unpaired) electrons. The molecule has 0 bridgehead atoms. The van der Waals surface area contributed by atoms with Gasteiger partial charge in [0.15, 0.2) is 0 Å². The molecule has 6 nitrogen and oxygen atoms in total. The monoisotopic (exact) mass is 386 g/mol. The topological polar surface area (TPSA) is 70.1 Å². The van der Waals surface area contributed by atoms with Gasteiger partial charge < -0.3 is 14.7 Å². The Balaban J connectivity index is 1.28. The summed E-state index contributed by atoms with van der Waals surface area (Å²) < 4.78 is 5.73. The Morgan fingerprint density at radius 2 is 1.79 bits per heavy atom. The van der Waals surface area contributed by atoms with Gasteiger partial charge in [-0.2, -0.15) is 0 Å². The summed E-state index contributed by atoms with van der Waals surface area (Å²) in [6.07, 6.45) is 3.91. The lowest BCUT2D eigenvalue weighted by Crippen LogP contribution is -2.45. The highest BCUT2D eigenvalue weighted by molar-refractivity contribution is 5.81. The fraction of sp³-hybridized carbons (Fsp3) is 0.636. The maximum absolute atomic E-state index is 12.6. The minimum Gasteiger partial charge on any atom is -0.461 e. The highest BCUT2D eigenvalue weighted by Gasteiger charge is 2.51. The lowest BCUT2D eigenvalue weighted by molar-refractivity contribution is -0.153. The van der Waals surface area contributed by atoms with E-state index < -0.39 is 5.41 Å². The van der Waals surface area contributed by atoms with E-state index in [0.29, 0.717) is 32.4 Å². The number of esters is 1. The normalized spacial score (nSPS) is 25.8. The van der Waals surface area contributed by atoms with E-state index >= 15 is 0 Å². The quantitative estimate of drug-likeness (QED) is 0.796. The Morgan fingerprint density at radius 1 is 1.11 bits per heavy atom. The van der Waals surface area contributed by atoms with Crippen molar-refractivity contribution in [2.24, 2.45) is 5.41 Å². The zero-order valence-corrected chi connectivity index (χ0v) is 16.4. The number of nitrogens with zero attached hydrogens (tertiary/aromatic N) is 2. The summed E-state index contributed by atoms with van der Waals surface area (Å²) in [5.74, 6) is 0.0561. The second kappa shape index (κ2) is 8.21. The maximum atomic E-state index is 12.6. The molecule has 28 heavy (non-hydrogen) atoms. The van der Waals surface area contributed by atoms with Gasteiger partial charge in [-0.3, -0.25) is 14.5 Å². The number of amides is 1. The van der Waals surface area contributed by atoms with Crippen LogP contribution >= 0.6 is 0 Å². The molecule has 1 unspecified atom stereocenters. The van der Waals surface area contributed by atoms with Crippen molar-refractivity contribution >= 4 is 11.9 Å². The van der Waals surface area contributed by atoms with Gasteiger partial charge >= 0.3 is 5.97 Å². The number of cyclic esters (lactones) is 1. The summed E-state index contributed by atoms with van der Waals surface area (Å²) >= 11 is 0. The van der Waals surface area contributed by atoms with Gasteiger partial charge in [-0.25, -0.2) is 0 Å². The molecule has 3 saturated heterocycles. The van der Waals surface area contributed by atoms with Crippen LogP contribution in [0.2, 0.25) is 0 Å². The predicted molar refractivity (Wildman–Crippen MR) is 105 cm³/mol. The van der Waals surface area contributed by atoms with Crippen molar-refractivity contribution in [1.29, 1.82) is 0 Å². The van der Waals surface area contributed by atoms with Crippen molar-refractivity contribution in [3.8, 4) is 0 Å². The number of carbonyl (C=O) groups excluding carboxylic acids is 2. The van der Waals surface area contributed by atoms with Crippen molar-refractivity contribution in [2.75, 3.05) is 32.7 Å². The Kier molecular flexibility index (Phi) is 5.69. The molecular formula is C22H30N2O4. The minimum atomic E-state index is -0.413. The van der Waals surface area contributed by atoms with Crippen molar-refractivity contribution in [1.82, 2.24) is 9.80 Å². The van der Waals surface area contributed by atoms with E-state index in [1.165, 1.54) is 0 Å². The number of benzene rings is 1. The van der Waals surface area contributed by atoms with Crippen LogP contribution in [0, 0.1) is 5.41 Å². The molecule has 3 heterocycles. The van der Waals surface area contributed by atoms with Gasteiger partial charge in [0, 0.05) is 39.1 Å². The first kappa shape index (κ1) is 19.4. The number of hydrogen-bond donors (Lipinski definition) is 1. The molecule has 1 aromatic rings. The van der Waals surface area contributed by atoms with E-state index in [1.54, 1.807) is 0 Å². The number of likely N-dealkylation sites (tertiary alicyclic amines) is 2. The molecule has 152 valence electrons. The van der Waals surface area contributed by atoms with Gasteiger partial charge in [0.1, 0.15) is 6.10 Å². The average molecular weight is 386 g/mol. The second-order valence-electron chi connectivity index (χ2n) is 8.59. The first-order valence-electron chi connectivity index (χ1n) is 10.5. The van der Waals surface area contributed by atoms with Crippen molar-refractivity contribution in [2.45, 2.75) is 50.7 Å². The fourth-order valence-corrected chi connectivity index (χ4v) is 4.80. The Hall–Kier alpha value is -1.92. The molecule has 0 aromatic heterocycles. The predicted octanol–water partition coefficient (Wildman–Crippen LogP) is 1.61. The van der Waals surface area contributed by atoms with Gasteiger partial charge in [-0.1, -0.05) is 30.3 Å². The maximum Gasteiger partial charge on any atom is 0.312 e.